The second-order valence-electron chi connectivity index (χ2n) is 4.82. The zero-order valence-corrected chi connectivity index (χ0v) is 13.0. The zero-order chi connectivity index (χ0) is 14.2. The van der Waals surface area contributed by atoms with Gasteiger partial charge in [-0.2, -0.15) is 0 Å². The van der Waals surface area contributed by atoms with Crippen molar-refractivity contribution in [3.63, 3.8) is 0 Å². The number of guanidine groups is 1. The lowest BCUT2D eigenvalue weighted by molar-refractivity contribution is 0.153. The fourth-order valence-corrected chi connectivity index (χ4v) is 2.88. The highest BCUT2D eigenvalue weighted by molar-refractivity contribution is 7.10. The number of aliphatic imine (C=N–C) groups is 1. The molecule has 0 aliphatic carbocycles. The normalized spacial score (nSPS) is 17.5. The van der Waals surface area contributed by atoms with Gasteiger partial charge in [0.2, 0.25) is 0 Å². The van der Waals surface area contributed by atoms with Gasteiger partial charge in [0.1, 0.15) is 0 Å². The maximum Gasteiger partial charge on any atom is 0.191 e. The van der Waals surface area contributed by atoms with Crippen molar-refractivity contribution in [2.45, 2.75) is 25.8 Å². The minimum Gasteiger partial charge on any atom is -0.377 e. The van der Waals surface area contributed by atoms with Gasteiger partial charge < -0.3 is 15.4 Å². The summed E-state index contributed by atoms with van der Waals surface area (Å²) in [5.74, 6) is 0.860. The van der Waals surface area contributed by atoms with Crippen molar-refractivity contribution in [2.75, 3.05) is 26.8 Å². The van der Waals surface area contributed by atoms with Crippen molar-refractivity contribution in [2.24, 2.45) is 4.99 Å². The summed E-state index contributed by atoms with van der Waals surface area (Å²) in [6, 6.07) is 4.50. The van der Waals surface area contributed by atoms with E-state index in [4.69, 9.17) is 4.74 Å². The summed E-state index contributed by atoms with van der Waals surface area (Å²) in [5.41, 5.74) is 1.48. The van der Waals surface area contributed by atoms with Crippen LogP contribution in [0.3, 0.4) is 0 Å². The van der Waals surface area contributed by atoms with Gasteiger partial charge in [-0.15, -0.1) is 11.3 Å². The highest BCUT2D eigenvalue weighted by Gasteiger charge is 2.09. The van der Waals surface area contributed by atoms with Crippen molar-refractivity contribution in [3.05, 3.63) is 34.0 Å². The Morgan fingerprint density at radius 2 is 2.45 bits per heavy atom. The van der Waals surface area contributed by atoms with E-state index in [0.29, 0.717) is 0 Å². The first-order valence-corrected chi connectivity index (χ1v) is 7.94. The molecule has 110 valence electrons. The van der Waals surface area contributed by atoms with E-state index in [-0.39, 0.29) is 6.04 Å². The maximum absolute atomic E-state index is 5.31. The molecule has 1 aromatic rings. The quantitative estimate of drug-likeness (QED) is 0.498. The van der Waals surface area contributed by atoms with E-state index in [0.717, 1.165) is 38.6 Å². The summed E-state index contributed by atoms with van der Waals surface area (Å²) in [7, 11) is 1.81. The Morgan fingerprint density at radius 1 is 1.55 bits per heavy atom. The Kier molecular flexibility index (Phi) is 6.08. The third kappa shape index (κ3) is 4.65. The molecular formula is C15H23N3OS. The summed E-state index contributed by atoms with van der Waals surface area (Å²) in [6.45, 7) is 4.67. The molecule has 1 aromatic heterocycles. The predicted molar refractivity (Wildman–Crippen MR) is 85.4 cm³/mol. The minimum absolute atomic E-state index is 0.281. The lowest BCUT2D eigenvalue weighted by Crippen LogP contribution is -2.39. The molecule has 1 aliphatic heterocycles. The first-order chi connectivity index (χ1) is 9.79. The van der Waals surface area contributed by atoms with Crippen molar-refractivity contribution < 1.29 is 4.74 Å². The molecule has 0 aromatic carbocycles. The number of hydrogen-bond donors (Lipinski definition) is 2. The van der Waals surface area contributed by atoms with E-state index in [1.54, 1.807) is 11.3 Å². The molecule has 0 saturated heterocycles. The molecule has 5 heteroatoms. The third-order valence-electron chi connectivity index (χ3n) is 3.34. The average Bonchev–Trinajstić information content (AvgIpc) is 3.01. The molecule has 0 amide bonds. The minimum atomic E-state index is 0.281. The average molecular weight is 293 g/mol. The molecular weight excluding hydrogens is 270 g/mol. The highest BCUT2D eigenvalue weighted by Crippen LogP contribution is 2.17. The topological polar surface area (TPSA) is 45.7 Å². The molecule has 0 radical (unpaired) electrons. The van der Waals surface area contributed by atoms with Crippen LogP contribution in [0.5, 0.6) is 0 Å². The Balaban J connectivity index is 1.74. The molecule has 2 N–H and O–H groups in total. The standard InChI is InChI=1S/C15H23N3OS/c1-12(14-4-3-11-20-14)18-15(16-2)17-8-5-13-6-9-19-10-7-13/h3-4,6,11-12H,5,7-10H2,1-2H3,(H2,16,17,18). The summed E-state index contributed by atoms with van der Waals surface area (Å²) in [6.07, 6.45) is 4.30. The molecule has 1 unspecified atom stereocenters. The lowest BCUT2D eigenvalue weighted by Gasteiger charge is -2.18. The summed E-state index contributed by atoms with van der Waals surface area (Å²) in [5, 5.41) is 8.88. The van der Waals surface area contributed by atoms with E-state index in [1.807, 2.05) is 7.05 Å². The zero-order valence-electron chi connectivity index (χ0n) is 12.2. The van der Waals surface area contributed by atoms with E-state index in [1.165, 1.54) is 10.5 Å². The van der Waals surface area contributed by atoms with E-state index in [9.17, 15) is 0 Å². The van der Waals surface area contributed by atoms with E-state index >= 15 is 0 Å². The summed E-state index contributed by atoms with van der Waals surface area (Å²) < 4.78 is 5.31. The number of hydrogen-bond acceptors (Lipinski definition) is 3. The predicted octanol–water partition coefficient (Wildman–Crippen LogP) is 2.71. The molecule has 20 heavy (non-hydrogen) atoms. The van der Waals surface area contributed by atoms with Crippen molar-refractivity contribution in [1.29, 1.82) is 0 Å². The number of nitrogens with one attached hydrogen (secondary N) is 2. The molecule has 2 heterocycles. The Bertz CT molecular complexity index is 454. The molecule has 0 bridgehead atoms. The molecule has 4 nitrogen and oxygen atoms in total. The van der Waals surface area contributed by atoms with Crippen LogP contribution in [0.1, 0.15) is 30.7 Å². The van der Waals surface area contributed by atoms with Gasteiger partial charge in [0.25, 0.3) is 0 Å². The smallest absolute Gasteiger partial charge is 0.191 e. The van der Waals surface area contributed by atoms with Crippen LogP contribution in [0, 0.1) is 0 Å². The van der Waals surface area contributed by atoms with Gasteiger partial charge >= 0.3 is 0 Å². The van der Waals surface area contributed by atoms with Gasteiger partial charge in [-0.05, 0) is 31.2 Å². The van der Waals surface area contributed by atoms with Gasteiger partial charge in [0.15, 0.2) is 5.96 Å². The van der Waals surface area contributed by atoms with Crippen LogP contribution in [0.15, 0.2) is 34.2 Å². The number of rotatable bonds is 5. The first kappa shape index (κ1) is 15.1. The largest absolute Gasteiger partial charge is 0.377 e. The van der Waals surface area contributed by atoms with Crippen molar-refractivity contribution >= 4 is 17.3 Å². The molecule has 1 atom stereocenters. The van der Waals surface area contributed by atoms with Crippen molar-refractivity contribution in [3.8, 4) is 0 Å². The first-order valence-electron chi connectivity index (χ1n) is 7.06. The second-order valence-corrected chi connectivity index (χ2v) is 5.80. The number of ether oxygens (including phenoxy) is 1. The van der Waals surface area contributed by atoms with E-state index in [2.05, 4.69) is 46.1 Å². The van der Waals surface area contributed by atoms with Gasteiger partial charge in [-0.3, -0.25) is 4.99 Å². The van der Waals surface area contributed by atoms with Gasteiger partial charge in [-0.1, -0.05) is 17.7 Å². The maximum atomic E-state index is 5.31. The molecule has 0 spiro atoms. The van der Waals surface area contributed by atoms with Crippen LogP contribution in [0.25, 0.3) is 0 Å². The number of thiophene rings is 1. The lowest BCUT2D eigenvalue weighted by atomic mass is 10.1. The van der Waals surface area contributed by atoms with Gasteiger partial charge in [0, 0.05) is 18.5 Å². The van der Waals surface area contributed by atoms with Gasteiger partial charge in [0.05, 0.1) is 19.3 Å². The third-order valence-corrected chi connectivity index (χ3v) is 4.40. The van der Waals surface area contributed by atoms with Crippen LogP contribution in [-0.4, -0.2) is 32.8 Å². The molecule has 1 aliphatic rings. The molecule has 2 rings (SSSR count). The van der Waals surface area contributed by atoms with Crippen LogP contribution >= 0.6 is 11.3 Å². The Hall–Kier alpha value is -1.33. The van der Waals surface area contributed by atoms with Crippen LogP contribution in [-0.2, 0) is 4.74 Å². The van der Waals surface area contributed by atoms with Gasteiger partial charge in [-0.25, -0.2) is 0 Å². The molecule has 0 saturated carbocycles. The fourth-order valence-electron chi connectivity index (χ4n) is 2.14. The van der Waals surface area contributed by atoms with Crippen molar-refractivity contribution in [1.82, 2.24) is 10.6 Å². The second kappa shape index (κ2) is 8.07. The SMILES string of the molecule is CN=C(NCCC1=CCOCC1)NC(C)c1cccs1. The molecule has 0 fully saturated rings. The monoisotopic (exact) mass is 293 g/mol. The van der Waals surface area contributed by atoms with Crippen LogP contribution in [0.2, 0.25) is 0 Å². The highest BCUT2D eigenvalue weighted by atomic mass is 32.1. The van der Waals surface area contributed by atoms with Crippen LogP contribution < -0.4 is 10.6 Å². The van der Waals surface area contributed by atoms with E-state index < -0.39 is 0 Å². The number of nitrogens with zero attached hydrogens (tertiary/aromatic N) is 1. The Labute approximate surface area is 124 Å². The summed E-state index contributed by atoms with van der Waals surface area (Å²) >= 11 is 1.76. The Morgan fingerprint density at radius 3 is 3.10 bits per heavy atom. The summed E-state index contributed by atoms with van der Waals surface area (Å²) in [4.78, 5) is 5.59. The fraction of sp³-hybridized carbons (Fsp3) is 0.533. The van der Waals surface area contributed by atoms with Crippen LogP contribution in [0.4, 0.5) is 0 Å².